The Hall–Kier alpha value is -1.76. The van der Waals surface area contributed by atoms with Crippen LogP contribution in [0.4, 0.5) is 11.4 Å². The summed E-state index contributed by atoms with van der Waals surface area (Å²) in [5.74, 6) is 0. The normalized spacial score (nSPS) is 11.1. The van der Waals surface area contributed by atoms with E-state index in [2.05, 4.69) is 68.6 Å². The fraction of sp³-hybridized carbons (Fsp3) is 0.636. The maximum absolute atomic E-state index is 3.90. The topological polar surface area (TPSA) is 12.0 Å². The molecule has 2 aromatic carbocycles. The van der Waals surface area contributed by atoms with Crippen LogP contribution in [0, 0.1) is 0 Å². The zero-order valence-corrected chi connectivity index (χ0v) is 22.8. The first-order chi connectivity index (χ1) is 16.8. The highest BCUT2D eigenvalue weighted by Gasteiger charge is 2.08. The summed E-state index contributed by atoms with van der Waals surface area (Å²) in [5.41, 5.74) is 7.11. The van der Waals surface area contributed by atoms with Gasteiger partial charge in [-0.1, -0.05) is 128 Å². The molecule has 0 fully saturated rings. The van der Waals surface area contributed by atoms with Gasteiger partial charge in [0.25, 0.3) is 0 Å². The Bertz CT molecular complexity index is 763. The second kappa shape index (κ2) is 18.6. The molecule has 1 N–H and O–H groups in total. The van der Waals surface area contributed by atoms with Crippen LogP contribution in [0.15, 0.2) is 42.5 Å². The number of hydrogen-bond donors (Lipinski definition) is 1. The van der Waals surface area contributed by atoms with Gasteiger partial charge >= 0.3 is 0 Å². The minimum Gasteiger partial charge on any atom is -0.355 e. The Morgan fingerprint density at radius 1 is 0.471 bits per heavy atom. The predicted octanol–water partition coefficient (Wildman–Crippen LogP) is 11.0. The van der Waals surface area contributed by atoms with Crippen LogP contribution in [0.3, 0.4) is 0 Å². The van der Waals surface area contributed by atoms with E-state index in [4.69, 9.17) is 0 Å². The van der Waals surface area contributed by atoms with E-state index in [1.807, 2.05) is 0 Å². The van der Waals surface area contributed by atoms with E-state index in [-0.39, 0.29) is 0 Å². The molecule has 0 saturated carbocycles. The number of aryl methyl sites for hydroxylation is 3. The lowest BCUT2D eigenvalue weighted by Crippen LogP contribution is -2.01. The van der Waals surface area contributed by atoms with Crippen molar-refractivity contribution in [1.82, 2.24) is 0 Å². The van der Waals surface area contributed by atoms with E-state index in [0.29, 0.717) is 0 Å². The molecule has 2 aromatic rings. The van der Waals surface area contributed by atoms with Crippen LogP contribution in [0.2, 0.25) is 0 Å². The fourth-order valence-electron chi connectivity index (χ4n) is 4.89. The van der Waals surface area contributed by atoms with E-state index in [1.54, 1.807) is 0 Å². The fourth-order valence-corrected chi connectivity index (χ4v) is 4.89. The van der Waals surface area contributed by atoms with Crippen LogP contribution in [-0.4, -0.2) is 0 Å². The Kier molecular flexibility index (Phi) is 15.5. The van der Waals surface area contributed by atoms with Gasteiger partial charge in [-0.2, -0.15) is 0 Å². The second-order valence-corrected chi connectivity index (χ2v) is 10.3. The number of anilines is 2. The summed E-state index contributed by atoms with van der Waals surface area (Å²) < 4.78 is 0. The van der Waals surface area contributed by atoms with Gasteiger partial charge in [-0.25, -0.2) is 0 Å². The molecule has 0 aliphatic heterocycles. The molecule has 0 spiro atoms. The van der Waals surface area contributed by atoms with Crippen molar-refractivity contribution in [2.45, 2.75) is 136 Å². The monoisotopic (exact) mass is 463 g/mol. The van der Waals surface area contributed by atoms with Gasteiger partial charge in [0.15, 0.2) is 0 Å². The van der Waals surface area contributed by atoms with Crippen molar-refractivity contribution in [1.29, 1.82) is 0 Å². The van der Waals surface area contributed by atoms with Gasteiger partial charge in [-0.3, -0.25) is 0 Å². The van der Waals surface area contributed by atoms with Gasteiger partial charge in [0.1, 0.15) is 0 Å². The van der Waals surface area contributed by atoms with Crippen molar-refractivity contribution >= 4 is 11.4 Å². The lowest BCUT2D eigenvalue weighted by Gasteiger charge is -2.17. The Labute approximate surface area is 212 Å². The van der Waals surface area contributed by atoms with Crippen LogP contribution in [0.5, 0.6) is 0 Å². The molecule has 1 heteroatoms. The molecular formula is C33H53N. The molecule has 0 atom stereocenters. The maximum atomic E-state index is 3.90. The van der Waals surface area contributed by atoms with Gasteiger partial charge in [0.2, 0.25) is 0 Å². The first-order valence-corrected chi connectivity index (χ1v) is 14.7. The first-order valence-electron chi connectivity index (χ1n) is 14.7. The lowest BCUT2D eigenvalue weighted by molar-refractivity contribution is 0.630. The summed E-state index contributed by atoms with van der Waals surface area (Å²) in [6, 6.07) is 16.3. The molecule has 0 amide bonds. The van der Waals surface area contributed by atoms with Crippen molar-refractivity contribution < 1.29 is 0 Å². The Morgan fingerprint density at radius 3 is 1.56 bits per heavy atom. The average Bonchev–Trinajstić information content (AvgIpc) is 2.85. The number of rotatable bonds is 20. The molecule has 2 rings (SSSR count). The molecule has 0 radical (unpaired) electrons. The van der Waals surface area contributed by atoms with Crippen molar-refractivity contribution in [3.8, 4) is 0 Å². The van der Waals surface area contributed by atoms with Crippen LogP contribution >= 0.6 is 0 Å². The van der Waals surface area contributed by atoms with Crippen LogP contribution in [-0.2, 0) is 19.3 Å². The van der Waals surface area contributed by atoms with E-state index < -0.39 is 0 Å². The molecule has 0 saturated heterocycles. The molecule has 0 aromatic heterocycles. The molecule has 1 nitrogen and oxygen atoms in total. The molecule has 0 bridgehead atoms. The van der Waals surface area contributed by atoms with Crippen molar-refractivity contribution in [3.63, 3.8) is 0 Å². The van der Waals surface area contributed by atoms with E-state index >= 15 is 0 Å². The van der Waals surface area contributed by atoms with E-state index in [9.17, 15) is 0 Å². The standard InChI is InChI=1S/C33H53N/c1-4-7-10-13-16-21-29-26-27-31(23-18-15-12-9-6-3)33(28-29)34-32-25-20-19-24-30(32)22-17-14-11-8-5-2/h19-20,24-28,34H,4-18,21-23H2,1-3H3. The third-order valence-corrected chi connectivity index (χ3v) is 7.13. The van der Waals surface area contributed by atoms with Crippen molar-refractivity contribution in [3.05, 3.63) is 59.2 Å². The van der Waals surface area contributed by atoms with Crippen molar-refractivity contribution in [2.75, 3.05) is 5.32 Å². The van der Waals surface area contributed by atoms with Gasteiger partial charge < -0.3 is 5.32 Å². The van der Waals surface area contributed by atoms with Gasteiger partial charge in [-0.05, 0) is 67.3 Å². The molecule has 34 heavy (non-hydrogen) atoms. The Balaban J connectivity index is 2.07. The number of unbranched alkanes of at least 4 members (excludes halogenated alkanes) is 12. The molecule has 190 valence electrons. The minimum atomic E-state index is 1.18. The highest BCUT2D eigenvalue weighted by atomic mass is 14.9. The zero-order chi connectivity index (χ0) is 24.3. The third kappa shape index (κ3) is 11.6. The molecule has 0 heterocycles. The lowest BCUT2D eigenvalue weighted by atomic mass is 9.98. The minimum absolute atomic E-state index is 1.18. The SMILES string of the molecule is CCCCCCCc1ccc(CCCCCCC)c(Nc2ccccc2CCCCCCC)c1. The summed E-state index contributed by atoms with van der Waals surface area (Å²) in [6.45, 7) is 6.88. The molecule has 0 aliphatic rings. The number of benzene rings is 2. The number of hydrogen-bond acceptors (Lipinski definition) is 1. The molecular weight excluding hydrogens is 410 g/mol. The summed E-state index contributed by atoms with van der Waals surface area (Å²) in [7, 11) is 0. The van der Waals surface area contributed by atoms with E-state index in [0.717, 1.165) is 0 Å². The van der Waals surface area contributed by atoms with Gasteiger partial charge in [-0.15, -0.1) is 0 Å². The smallest absolute Gasteiger partial charge is 0.0419 e. The second-order valence-electron chi connectivity index (χ2n) is 10.3. The summed E-state index contributed by atoms with van der Waals surface area (Å²) in [5, 5.41) is 3.90. The summed E-state index contributed by atoms with van der Waals surface area (Å²) >= 11 is 0. The molecule has 0 unspecified atom stereocenters. The number of nitrogens with one attached hydrogen (secondary N) is 1. The third-order valence-electron chi connectivity index (χ3n) is 7.13. The predicted molar refractivity (Wildman–Crippen MR) is 154 cm³/mol. The van der Waals surface area contributed by atoms with Gasteiger partial charge in [0, 0.05) is 11.4 Å². The van der Waals surface area contributed by atoms with Crippen LogP contribution < -0.4 is 5.32 Å². The summed E-state index contributed by atoms with van der Waals surface area (Å²) in [4.78, 5) is 0. The highest BCUT2D eigenvalue weighted by Crippen LogP contribution is 2.28. The highest BCUT2D eigenvalue weighted by molar-refractivity contribution is 5.67. The number of para-hydroxylation sites is 1. The van der Waals surface area contributed by atoms with E-state index in [1.165, 1.54) is 144 Å². The largest absolute Gasteiger partial charge is 0.355 e. The first kappa shape index (κ1) is 28.5. The quantitative estimate of drug-likeness (QED) is 0.192. The zero-order valence-electron chi connectivity index (χ0n) is 22.8. The van der Waals surface area contributed by atoms with Gasteiger partial charge in [0.05, 0.1) is 0 Å². The molecule has 0 aliphatic carbocycles. The average molecular weight is 464 g/mol. The summed E-state index contributed by atoms with van der Waals surface area (Å²) in [6.07, 6.45) is 23.7. The maximum Gasteiger partial charge on any atom is 0.0419 e. The van der Waals surface area contributed by atoms with Crippen LogP contribution in [0.25, 0.3) is 0 Å². The Morgan fingerprint density at radius 2 is 0.971 bits per heavy atom. The van der Waals surface area contributed by atoms with Crippen LogP contribution in [0.1, 0.15) is 134 Å². The van der Waals surface area contributed by atoms with Crippen molar-refractivity contribution in [2.24, 2.45) is 0 Å².